The van der Waals surface area contributed by atoms with Crippen molar-refractivity contribution in [2.24, 2.45) is 0 Å². The molecule has 14 N–H and O–H groups in total. The van der Waals surface area contributed by atoms with E-state index in [0.29, 0.717) is 25.7 Å². The molecule has 0 bridgehead atoms. The third-order valence-corrected chi connectivity index (χ3v) is 16.3. The largest absolute Gasteiger partial charge is 0.472 e. The van der Waals surface area contributed by atoms with Crippen molar-refractivity contribution >= 4 is 53.6 Å². The van der Waals surface area contributed by atoms with E-state index < -0.39 is 145 Å². The first-order chi connectivity index (χ1) is 45.4. The van der Waals surface area contributed by atoms with Gasteiger partial charge in [-0.15, -0.1) is 0 Å². The van der Waals surface area contributed by atoms with E-state index in [0.717, 1.165) is 0 Å². The quantitative estimate of drug-likeness (QED) is 0.0119. The van der Waals surface area contributed by atoms with Crippen LogP contribution in [0.4, 0.5) is 11.6 Å². The summed E-state index contributed by atoms with van der Waals surface area (Å²) in [4.78, 5) is 61.8. The van der Waals surface area contributed by atoms with Crippen LogP contribution in [-0.4, -0.2) is 289 Å². The van der Waals surface area contributed by atoms with Crippen molar-refractivity contribution in [1.82, 2.24) is 49.7 Å². The number of fused-ring (bicyclic) bond motifs is 2. The third-order valence-electron chi connectivity index (χ3n) is 15.4. The number of hydrogen-bond donors (Lipinski definition) is 12. The van der Waals surface area contributed by atoms with Gasteiger partial charge in [0.05, 0.1) is 97.0 Å². The van der Waals surface area contributed by atoms with Gasteiger partial charge in [-0.2, -0.15) is 0 Å². The molecule has 0 radical (unpaired) electrons. The number of aromatic nitrogens is 8. The molecule has 4 fully saturated rings. The topological polar surface area (TPSA) is 515 Å². The lowest BCUT2D eigenvalue weighted by atomic mass is 10.0. The maximum Gasteiger partial charge on any atom is 0.472 e. The van der Waals surface area contributed by atoms with Gasteiger partial charge in [-0.1, -0.05) is 0 Å². The molecule has 38 nitrogen and oxygen atoms in total. The van der Waals surface area contributed by atoms with Crippen molar-refractivity contribution in [1.29, 1.82) is 0 Å². The summed E-state index contributed by atoms with van der Waals surface area (Å²) in [6.07, 6.45) is -10.2. The van der Waals surface area contributed by atoms with Crippen LogP contribution in [0.25, 0.3) is 22.3 Å². The summed E-state index contributed by atoms with van der Waals surface area (Å²) in [5, 5.41) is 74.7. The fourth-order valence-corrected chi connectivity index (χ4v) is 11.6. The number of rotatable bonds is 42. The molecule has 530 valence electrons. The molecule has 94 heavy (non-hydrogen) atoms. The number of anilines is 2. The second-order valence-corrected chi connectivity index (χ2v) is 23.9. The van der Waals surface area contributed by atoms with E-state index in [1.165, 1.54) is 29.9 Å². The molecule has 4 aliphatic heterocycles. The van der Waals surface area contributed by atoms with E-state index in [1.807, 2.05) is 0 Å². The third kappa shape index (κ3) is 21.2. The van der Waals surface area contributed by atoms with Crippen LogP contribution in [0.15, 0.2) is 25.3 Å². The Hall–Kier alpha value is -5.05. The van der Waals surface area contributed by atoms with Gasteiger partial charge in [-0.05, 0) is 39.5 Å². The standard InChI is InChI=1S/C55H89N12O26P/c1-31(2)88-46-37(92-54(66-27-64-42-50(56)60-25-62-52(42)66)48(46)85-29-81-17-15-79-13-9-58-38(73)7-3-5-11-83-40-19-32(71)44(75)34(21-68)89-40)24-87-94(77,78)93-47-36(23-70)91-55(67-28-65-43-51(57)61-26-63-53(43)67)49(47)86-30-82-18-16-80-14-10-59-39(74)8-4-6-12-84-41-20-33(72)45(76)35(22-69)90-41/h25-28,31-37,40-41,44-49,54-55,68-72,75-76H,3-24,29-30H2,1-2H3,(H,58,73)(H,59,74)(H,77,78)(H2,56,60,62)(H2,57,61,63)/t32-,33-,34-,35-,36-,37-,40-,41-,44-,45-,46-,47-,48-,49-,54-,55-/m1/s1. The first kappa shape index (κ1) is 74.7. The van der Waals surface area contributed by atoms with Crippen molar-refractivity contribution in [3.05, 3.63) is 25.3 Å². The number of imidazole rings is 2. The molecule has 39 heteroatoms. The Kier molecular flexibility index (Phi) is 29.9. The number of phosphoric ester groups is 1. The van der Waals surface area contributed by atoms with Crippen molar-refractivity contribution < 1.29 is 125 Å². The van der Waals surface area contributed by atoms with E-state index in [1.54, 1.807) is 18.4 Å². The van der Waals surface area contributed by atoms with Crippen LogP contribution < -0.4 is 22.1 Å². The maximum absolute atomic E-state index is 14.2. The lowest BCUT2D eigenvalue weighted by Crippen LogP contribution is -2.50. The van der Waals surface area contributed by atoms with Crippen molar-refractivity contribution in [2.75, 3.05) is 117 Å². The van der Waals surface area contributed by atoms with E-state index in [2.05, 4.69) is 40.5 Å². The SMILES string of the molecule is CC(C)O[C@H]1[C@@H](OCOCCOCCNC(=O)CCCCO[C@H]2C[C@@H](O)[C@@H](O)[C@@H](CO)O2)[C@H](n2cnc3c(N)ncnc32)O[C@@H]1COP(=O)(O)O[C@H]1[C@@H](OCOCCOCCNC(=O)CCCCO[C@H]2C[C@@H](O)[C@@H](O)[C@@H](CO)O2)[C@H](n2cnc3c(N)ncnc32)O[C@@H]1CO. The van der Waals surface area contributed by atoms with Gasteiger partial charge < -0.3 is 124 Å². The van der Waals surface area contributed by atoms with Crippen LogP contribution in [0.1, 0.15) is 77.7 Å². The minimum absolute atomic E-state index is 0.00181. The van der Waals surface area contributed by atoms with E-state index in [9.17, 15) is 54.8 Å². The number of phosphoric acid groups is 1. The Labute approximate surface area is 539 Å². The zero-order valence-electron chi connectivity index (χ0n) is 52.2. The van der Waals surface area contributed by atoms with Gasteiger partial charge in [-0.3, -0.25) is 27.8 Å². The molecule has 1 unspecified atom stereocenters. The molecule has 0 aliphatic carbocycles. The highest BCUT2D eigenvalue weighted by Gasteiger charge is 2.53. The van der Waals surface area contributed by atoms with Gasteiger partial charge in [0, 0.05) is 52.0 Å². The number of hydrogen-bond acceptors (Lipinski definition) is 33. The van der Waals surface area contributed by atoms with E-state index in [-0.39, 0.29) is 144 Å². The molecule has 4 aliphatic rings. The average Bonchev–Trinajstić information content (AvgIpc) is 1.62. The summed E-state index contributed by atoms with van der Waals surface area (Å²) < 4.78 is 105. The molecule has 2 amide bonds. The highest BCUT2D eigenvalue weighted by molar-refractivity contribution is 7.47. The second kappa shape index (κ2) is 37.6. The predicted molar refractivity (Wildman–Crippen MR) is 318 cm³/mol. The number of unbranched alkanes of at least 4 members (excludes halogenated alkanes) is 2. The van der Waals surface area contributed by atoms with Crippen molar-refractivity contribution in [3.63, 3.8) is 0 Å². The Balaban J connectivity index is 0.800. The smallest absolute Gasteiger partial charge is 0.394 e. The minimum atomic E-state index is -5.19. The van der Waals surface area contributed by atoms with Gasteiger partial charge in [0.25, 0.3) is 0 Å². The summed E-state index contributed by atoms with van der Waals surface area (Å²) in [5.41, 5.74) is 13.2. The zero-order chi connectivity index (χ0) is 67.2. The van der Waals surface area contributed by atoms with Crippen LogP contribution in [0.5, 0.6) is 0 Å². The Morgan fingerprint density at radius 1 is 0.585 bits per heavy atom. The minimum Gasteiger partial charge on any atom is -0.394 e. The number of nitrogens with two attached hydrogens (primary N) is 2. The Morgan fingerprint density at radius 2 is 1.04 bits per heavy atom. The number of nitrogen functional groups attached to an aromatic ring is 2. The number of nitrogens with zero attached hydrogens (tertiary/aromatic N) is 8. The first-order valence-electron chi connectivity index (χ1n) is 31.0. The van der Waals surface area contributed by atoms with Crippen LogP contribution in [0, 0.1) is 0 Å². The highest BCUT2D eigenvalue weighted by atomic mass is 31.2. The number of aliphatic hydroxyl groups is 7. The van der Waals surface area contributed by atoms with Gasteiger partial charge in [0.1, 0.15) is 98.3 Å². The molecule has 8 heterocycles. The molecular weight excluding hydrogens is 1280 g/mol. The number of ether oxygens (including phenoxy) is 13. The van der Waals surface area contributed by atoms with Crippen LogP contribution in [0.2, 0.25) is 0 Å². The highest BCUT2D eigenvalue weighted by Crippen LogP contribution is 2.50. The summed E-state index contributed by atoms with van der Waals surface area (Å²) >= 11 is 0. The molecule has 8 rings (SSSR count). The monoisotopic (exact) mass is 1360 g/mol. The Morgan fingerprint density at radius 3 is 1.51 bits per heavy atom. The van der Waals surface area contributed by atoms with Crippen molar-refractivity contribution in [3.8, 4) is 0 Å². The lowest BCUT2D eigenvalue weighted by molar-refractivity contribution is -0.257. The normalized spacial score (nSPS) is 28.8. The number of aliphatic hydroxyl groups excluding tert-OH is 7. The molecule has 17 atom stereocenters. The van der Waals surface area contributed by atoms with Crippen LogP contribution in [-0.2, 0) is 84.8 Å². The van der Waals surface area contributed by atoms with Gasteiger partial charge in [-0.25, -0.2) is 34.5 Å². The average molecular weight is 1370 g/mol. The summed E-state index contributed by atoms with van der Waals surface area (Å²) in [6, 6.07) is 0. The van der Waals surface area contributed by atoms with Gasteiger partial charge in [0.15, 0.2) is 48.0 Å². The Bertz CT molecular complexity index is 2960. The first-order valence-corrected chi connectivity index (χ1v) is 32.5. The molecule has 0 saturated carbocycles. The number of carbonyl (C=O) groups excluding carboxylic acids is 2. The van der Waals surface area contributed by atoms with E-state index >= 15 is 0 Å². The molecule has 4 saturated heterocycles. The fraction of sp³-hybridized carbons (Fsp3) is 0.782. The second-order valence-electron chi connectivity index (χ2n) is 22.5. The summed E-state index contributed by atoms with van der Waals surface area (Å²) in [7, 11) is -5.19. The molecular formula is C55H89N12O26P. The fourth-order valence-electron chi connectivity index (χ4n) is 10.6. The van der Waals surface area contributed by atoms with E-state index in [4.69, 9.17) is 82.1 Å². The number of nitrogens with one attached hydrogen (secondary N) is 2. The van der Waals surface area contributed by atoms with Gasteiger partial charge >= 0.3 is 7.82 Å². The molecule has 4 aromatic heterocycles. The lowest BCUT2D eigenvalue weighted by Gasteiger charge is -2.36. The summed E-state index contributed by atoms with van der Waals surface area (Å²) in [5.74, 6) is -0.246. The maximum atomic E-state index is 14.2. The number of carbonyl (C=O) groups is 2. The molecule has 0 spiro atoms. The molecule has 4 aromatic rings. The predicted octanol–water partition coefficient (Wildman–Crippen LogP) is -3.07. The van der Waals surface area contributed by atoms with Crippen LogP contribution >= 0.6 is 7.82 Å². The molecule has 0 aromatic carbocycles. The van der Waals surface area contributed by atoms with Gasteiger partial charge in [0.2, 0.25) is 11.8 Å². The summed E-state index contributed by atoms with van der Waals surface area (Å²) in [6.45, 7) is 2.05. The number of amides is 2. The van der Waals surface area contributed by atoms with Crippen LogP contribution in [0.3, 0.4) is 0 Å². The van der Waals surface area contributed by atoms with Crippen molar-refractivity contribution in [2.45, 2.75) is 170 Å². The zero-order valence-corrected chi connectivity index (χ0v) is 53.1.